The van der Waals surface area contributed by atoms with E-state index in [0.717, 1.165) is 17.7 Å². The van der Waals surface area contributed by atoms with E-state index in [9.17, 15) is 18.0 Å². The summed E-state index contributed by atoms with van der Waals surface area (Å²) in [7, 11) is 0. The van der Waals surface area contributed by atoms with Gasteiger partial charge in [-0.25, -0.2) is 0 Å². The van der Waals surface area contributed by atoms with E-state index in [1.807, 2.05) is 0 Å². The van der Waals surface area contributed by atoms with Gasteiger partial charge >= 0.3 is 6.18 Å². The van der Waals surface area contributed by atoms with Crippen LogP contribution < -0.4 is 5.73 Å². The van der Waals surface area contributed by atoms with E-state index in [0.29, 0.717) is 0 Å². The van der Waals surface area contributed by atoms with Crippen molar-refractivity contribution < 1.29 is 18.0 Å². The maximum absolute atomic E-state index is 12.5. The fourth-order valence-electron chi connectivity index (χ4n) is 1.94. The quantitative estimate of drug-likeness (QED) is 0.829. The van der Waals surface area contributed by atoms with Crippen molar-refractivity contribution in [3.63, 3.8) is 0 Å². The largest absolute Gasteiger partial charge is 0.406 e. The Labute approximate surface area is 106 Å². The molecule has 106 valence electrons. The van der Waals surface area contributed by atoms with E-state index in [2.05, 4.69) is 0 Å². The average Bonchev–Trinajstić information content (AvgIpc) is 3.05. The lowest BCUT2D eigenvalue weighted by Crippen LogP contribution is -2.50. The molecule has 0 radical (unpaired) electrons. The number of rotatable bonds is 5. The molecule has 1 aliphatic rings. The Kier molecular flexibility index (Phi) is 4.64. The number of halogens is 3. The van der Waals surface area contributed by atoms with Gasteiger partial charge in [0.25, 0.3) is 0 Å². The minimum absolute atomic E-state index is 0.205. The molecule has 3 atom stereocenters. The lowest BCUT2D eigenvalue weighted by atomic mass is 10.0. The molecular weight excluding hydrogens is 245 g/mol. The van der Waals surface area contributed by atoms with Crippen LogP contribution in [0, 0.1) is 11.8 Å². The summed E-state index contributed by atoms with van der Waals surface area (Å²) >= 11 is 0. The van der Waals surface area contributed by atoms with Crippen LogP contribution in [0.3, 0.4) is 0 Å². The fourth-order valence-corrected chi connectivity index (χ4v) is 1.94. The third-order valence-corrected chi connectivity index (χ3v) is 3.61. The molecule has 1 fully saturated rings. The van der Waals surface area contributed by atoms with Crippen molar-refractivity contribution in [1.82, 2.24) is 4.90 Å². The van der Waals surface area contributed by atoms with Gasteiger partial charge in [-0.15, -0.1) is 0 Å². The van der Waals surface area contributed by atoms with Gasteiger partial charge in [0.2, 0.25) is 5.91 Å². The van der Waals surface area contributed by atoms with Gasteiger partial charge in [-0.05, 0) is 32.6 Å². The molecule has 1 amide bonds. The van der Waals surface area contributed by atoms with Crippen molar-refractivity contribution >= 4 is 5.91 Å². The molecule has 6 heteroatoms. The van der Waals surface area contributed by atoms with Gasteiger partial charge in [0.1, 0.15) is 6.54 Å². The standard InChI is InChI=1S/C12H21F3N2O/c1-7(8(2)16)11(18)17(6-12(13,14)15)9(3)10-4-5-10/h7-10H,4-6,16H2,1-3H3. The van der Waals surface area contributed by atoms with Crippen molar-refractivity contribution in [2.75, 3.05) is 6.54 Å². The first-order chi connectivity index (χ1) is 8.13. The predicted molar refractivity (Wildman–Crippen MR) is 62.8 cm³/mol. The van der Waals surface area contributed by atoms with Gasteiger partial charge in [-0.1, -0.05) is 6.92 Å². The first-order valence-corrected chi connectivity index (χ1v) is 6.26. The van der Waals surface area contributed by atoms with Gasteiger partial charge in [-0.2, -0.15) is 13.2 Å². The Hall–Kier alpha value is -0.780. The van der Waals surface area contributed by atoms with Gasteiger partial charge in [0, 0.05) is 12.1 Å². The highest BCUT2D eigenvalue weighted by atomic mass is 19.4. The summed E-state index contributed by atoms with van der Waals surface area (Å²) in [4.78, 5) is 13.0. The molecule has 0 heterocycles. The van der Waals surface area contributed by atoms with Crippen LogP contribution in [0.4, 0.5) is 13.2 Å². The number of hydrogen-bond donors (Lipinski definition) is 1. The zero-order valence-corrected chi connectivity index (χ0v) is 11.0. The Morgan fingerprint density at radius 1 is 1.33 bits per heavy atom. The van der Waals surface area contributed by atoms with Crippen LogP contribution in [0.2, 0.25) is 0 Å². The van der Waals surface area contributed by atoms with Gasteiger partial charge < -0.3 is 10.6 Å². The highest BCUT2D eigenvalue weighted by Gasteiger charge is 2.41. The van der Waals surface area contributed by atoms with Crippen molar-refractivity contribution in [1.29, 1.82) is 0 Å². The molecule has 3 nitrogen and oxygen atoms in total. The second-order valence-corrected chi connectivity index (χ2v) is 5.31. The SMILES string of the molecule is CC(N)C(C)C(=O)N(CC(F)(F)F)C(C)C1CC1. The van der Waals surface area contributed by atoms with Gasteiger partial charge in [0.15, 0.2) is 0 Å². The van der Waals surface area contributed by atoms with Crippen LogP contribution in [-0.4, -0.2) is 35.6 Å². The Morgan fingerprint density at radius 2 is 1.83 bits per heavy atom. The van der Waals surface area contributed by atoms with Crippen LogP contribution in [-0.2, 0) is 4.79 Å². The lowest BCUT2D eigenvalue weighted by molar-refractivity contribution is -0.168. The minimum atomic E-state index is -4.36. The third-order valence-electron chi connectivity index (χ3n) is 3.61. The molecule has 0 spiro atoms. The molecule has 0 aromatic rings. The topological polar surface area (TPSA) is 46.3 Å². The summed E-state index contributed by atoms with van der Waals surface area (Å²) in [6.07, 6.45) is -2.57. The molecule has 18 heavy (non-hydrogen) atoms. The van der Waals surface area contributed by atoms with Crippen molar-refractivity contribution in [3.05, 3.63) is 0 Å². The molecule has 1 rings (SSSR count). The van der Waals surface area contributed by atoms with Gasteiger partial charge in [0.05, 0.1) is 5.92 Å². The molecule has 0 bridgehead atoms. The molecule has 1 aliphatic carbocycles. The van der Waals surface area contributed by atoms with E-state index >= 15 is 0 Å². The number of nitrogens with two attached hydrogens (primary N) is 1. The highest BCUT2D eigenvalue weighted by molar-refractivity contribution is 5.79. The number of carbonyl (C=O) groups is 1. The monoisotopic (exact) mass is 266 g/mol. The zero-order chi connectivity index (χ0) is 14.1. The molecule has 0 aromatic carbocycles. The van der Waals surface area contributed by atoms with Crippen LogP contribution in [0.5, 0.6) is 0 Å². The molecule has 0 aromatic heterocycles. The van der Waals surface area contributed by atoms with E-state index in [4.69, 9.17) is 5.73 Å². The Morgan fingerprint density at radius 3 is 2.17 bits per heavy atom. The summed E-state index contributed by atoms with van der Waals surface area (Å²) in [5.41, 5.74) is 5.60. The summed E-state index contributed by atoms with van der Waals surface area (Å²) in [5.74, 6) is -0.883. The van der Waals surface area contributed by atoms with Crippen LogP contribution in [0.1, 0.15) is 33.6 Å². The second kappa shape index (κ2) is 5.47. The Bertz CT molecular complexity index is 300. The number of alkyl halides is 3. The number of carbonyl (C=O) groups excluding carboxylic acids is 1. The zero-order valence-electron chi connectivity index (χ0n) is 11.0. The third kappa shape index (κ3) is 4.15. The summed E-state index contributed by atoms with van der Waals surface area (Å²) in [5, 5.41) is 0. The van der Waals surface area contributed by atoms with Crippen LogP contribution in [0.25, 0.3) is 0 Å². The van der Waals surface area contributed by atoms with Crippen LogP contribution >= 0.6 is 0 Å². The number of hydrogen-bond acceptors (Lipinski definition) is 2. The maximum atomic E-state index is 12.5. The smallest absolute Gasteiger partial charge is 0.330 e. The van der Waals surface area contributed by atoms with Crippen molar-refractivity contribution in [3.8, 4) is 0 Å². The minimum Gasteiger partial charge on any atom is -0.330 e. The van der Waals surface area contributed by atoms with E-state index in [1.165, 1.54) is 0 Å². The normalized spacial score (nSPS) is 21.3. The summed E-state index contributed by atoms with van der Waals surface area (Å²) < 4.78 is 37.6. The molecule has 1 saturated carbocycles. The first-order valence-electron chi connectivity index (χ1n) is 6.26. The maximum Gasteiger partial charge on any atom is 0.406 e. The molecular formula is C12H21F3N2O. The van der Waals surface area contributed by atoms with E-state index in [1.54, 1.807) is 20.8 Å². The van der Waals surface area contributed by atoms with Gasteiger partial charge in [-0.3, -0.25) is 4.79 Å². The van der Waals surface area contributed by atoms with E-state index < -0.39 is 30.6 Å². The van der Waals surface area contributed by atoms with Crippen LogP contribution in [0.15, 0.2) is 0 Å². The molecule has 2 N–H and O–H groups in total. The average molecular weight is 266 g/mol. The van der Waals surface area contributed by atoms with Crippen molar-refractivity contribution in [2.24, 2.45) is 17.6 Å². The second-order valence-electron chi connectivity index (χ2n) is 5.31. The number of nitrogens with zero attached hydrogens (tertiary/aromatic N) is 1. The molecule has 0 saturated heterocycles. The first kappa shape index (κ1) is 15.3. The molecule has 0 aliphatic heterocycles. The summed E-state index contributed by atoms with van der Waals surface area (Å²) in [6, 6.07) is -0.806. The number of amides is 1. The van der Waals surface area contributed by atoms with E-state index in [-0.39, 0.29) is 12.0 Å². The van der Waals surface area contributed by atoms with Crippen molar-refractivity contribution in [2.45, 2.75) is 51.9 Å². The lowest BCUT2D eigenvalue weighted by Gasteiger charge is -2.33. The highest BCUT2D eigenvalue weighted by Crippen LogP contribution is 2.36. The summed E-state index contributed by atoms with van der Waals surface area (Å²) in [6.45, 7) is 3.72. The predicted octanol–water partition coefficient (Wildman–Crippen LogP) is 2.16. The Balaban J connectivity index is 2.79. The molecule has 3 unspecified atom stereocenters. The fraction of sp³-hybridized carbons (Fsp3) is 0.917.